The van der Waals surface area contributed by atoms with Gasteiger partial charge < -0.3 is 15.2 Å². The second kappa shape index (κ2) is 6.38. The Kier molecular flexibility index (Phi) is 4.57. The number of nitrogens with zero attached hydrogens (tertiary/aromatic N) is 1. The van der Waals surface area contributed by atoms with Crippen LogP contribution in [0.15, 0.2) is 24.3 Å². The van der Waals surface area contributed by atoms with Gasteiger partial charge in [-0.3, -0.25) is 4.90 Å². The average Bonchev–Trinajstić information content (AvgIpc) is 2.86. The first-order valence-electron chi connectivity index (χ1n) is 6.47. The van der Waals surface area contributed by atoms with Crippen LogP contribution in [0.1, 0.15) is 22.3 Å². The molecule has 0 aromatic heterocycles. The predicted octanol–water partition coefficient (Wildman–Crippen LogP) is 1.32. The number of hydrogen-bond acceptors (Lipinski definition) is 4. The molecule has 20 heavy (non-hydrogen) atoms. The van der Waals surface area contributed by atoms with E-state index in [4.69, 9.17) is 5.11 Å². The van der Waals surface area contributed by atoms with E-state index in [-0.39, 0.29) is 6.04 Å². The molecule has 0 spiro atoms. The van der Waals surface area contributed by atoms with E-state index < -0.39 is 12.1 Å². The molecule has 1 aromatic rings. The maximum Gasteiger partial charge on any atom is 0.407 e. The second-order valence-electron chi connectivity index (χ2n) is 4.86. The summed E-state index contributed by atoms with van der Waals surface area (Å²) in [6, 6.07) is 7.01. The number of nitrogens with one attached hydrogen (secondary N) is 1. The number of benzene rings is 1. The molecule has 6 heteroatoms. The number of ether oxygens (including phenoxy) is 1. The van der Waals surface area contributed by atoms with Crippen LogP contribution in [0.5, 0.6) is 0 Å². The van der Waals surface area contributed by atoms with Crippen molar-refractivity contribution in [3.05, 3.63) is 35.4 Å². The highest BCUT2D eigenvalue weighted by Crippen LogP contribution is 2.14. The first-order chi connectivity index (χ1) is 9.58. The largest absolute Gasteiger partial charge is 0.478 e. The lowest BCUT2D eigenvalue weighted by Crippen LogP contribution is -2.36. The minimum absolute atomic E-state index is 0.0881. The van der Waals surface area contributed by atoms with Gasteiger partial charge in [0.25, 0.3) is 0 Å². The highest BCUT2D eigenvalue weighted by atomic mass is 16.5. The van der Waals surface area contributed by atoms with Crippen LogP contribution in [0.3, 0.4) is 0 Å². The molecular weight excluding hydrogens is 260 g/mol. The zero-order valence-electron chi connectivity index (χ0n) is 11.3. The van der Waals surface area contributed by atoms with Crippen LogP contribution in [0.4, 0.5) is 4.79 Å². The summed E-state index contributed by atoms with van der Waals surface area (Å²) in [6.07, 6.45) is 0.456. The molecule has 1 amide bonds. The maximum atomic E-state index is 11.1. The van der Waals surface area contributed by atoms with E-state index in [9.17, 15) is 9.59 Å². The lowest BCUT2D eigenvalue weighted by Gasteiger charge is -2.16. The maximum absolute atomic E-state index is 11.1. The molecule has 2 rings (SSSR count). The Labute approximate surface area is 117 Å². The Bertz CT molecular complexity index is 504. The summed E-state index contributed by atoms with van der Waals surface area (Å²) in [6.45, 7) is 2.29. The number of carbonyl (C=O) groups is 2. The molecule has 0 radical (unpaired) electrons. The monoisotopic (exact) mass is 278 g/mol. The Morgan fingerprint density at radius 2 is 2.30 bits per heavy atom. The third-order valence-corrected chi connectivity index (χ3v) is 3.36. The van der Waals surface area contributed by atoms with E-state index in [2.05, 4.69) is 15.0 Å². The van der Waals surface area contributed by atoms with E-state index in [1.807, 2.05) is 6.07 Å². The number of aromatic carboxylic acids is 1. The number of methoxy groups -OCH3 is 1. The molecule has 1 atom stereocenters. The average molecular weight is 278 g/mol. The number of carboxylic acids is 1. The zero-order chi connectivity index (χ0) is 14.5. The van der Waals surface area contributed by atoms with E-state index in [1.54, 1.807) is 18.2 Å². The van der Waals surface area contributed by atoms with Gasteiger partial charge in [-0.2, -0.15) is 0 Å². The molecule has 1 saturated heterocycles. The van der Waals surface area contributed by atoms with Gasteiger partial charge in [0.15, 0.2) is 0 Å². The minimum Gasteiger partial charge on any atom is -0.478 e. The summed E-state index contributed by atoms with van der Waals surface area (Å²) >= 11 is 0. The van der Waals surface area contributed by atoms with Gasteiger partial charge in [-0.25, -0.2) is 9.59 Å². The quantitative estimate of drug-likeness (QED) is 0.868. The molecule has 1 heterocycles. The number of likely N-dealkylation sites (tertiary alicyclic amines) is 1. The van der Waals surface area contributed by atoms with E-state index in [0.29, 0.717) is 12.1 Å². The fourth-order valence-electron chi connectivity index (χ4n) is 2.38. The zero-order valence-corrected chi connectivity index (χ0v) is 11.3. The smallest absolute Gasteiger partial charge is 0.407 e. The summed E-state index contributed by atoms with van der Waals surface area (Å²) in [5, 5.41) is 11.7. The normalized spacial score (nSPS) is 18.8. The number of amides is 1. The van der Waals surface area contributed by atoms with Crippen molar-refractivity contribution in [3.63, 3.8) is 0 Å². The van der Waals surface area contributed by atoms with Crippen molar-refractivity contribution in [1.82, 2.24) is 10.2 Å². The van der Waals surface area contributed by atoms with E-state index in [1.165, 1.54) is 7.11 Å². The molecule has 6 nitrogen and oxygen atoms in total. The van der Waals surface area contributed by atoms with Gasteiger partial charge in [-0.1, -0.05) is 12.1 Å². The van der Waals surface area contributed by atoms with Gasteiger partial charge in [0.1, 0.15) is 0 Å². The van der Waals surface area contributed by atoms with Crippen molar-refractivity contribution in [2.24, 2.45) is 0 Å². The molecule has 1 unspecified atom stereocenters. The van der Waals surface area contributed by atoms with Crippen molar-refractivity contribution in [2.45, 2.75) is 19.0 Å². The Balaban J connectivity index is 1.90. The summed E-state index contributed by atoms with van der Waals surface area (Å²) in [5.41, 5.74) is 1.26. The molecule has 0 saturated carbocycles. The van der Waals surface area contributed by atoms with Gasteiger partial charge in [0.2, 0.25) is 0 Å². The van der Waals surface area contributed by atoms with Crippen LogP contribution >= 0.6 is 0 Å². The molecule has 108 valence electrons. The van der Waals surface area contributed by atoms with Crippen LogP contribution in [0.2, 0.25) is 0 Å². The Morgan fingerprint density at radius 1 is 1.50 bits per heavy atom. The highest BCUT2D eigenvalue weighted by molar-refractivity contribution is 5.87. The molecule has 1 aliphatic heterocycles. The van der Waals surface area contributed by atoms with Crippen molar-refractivity contribution in [1.29, 1.82) is 0 Å². The third kappa shape index (κ3) is 3.71. The first-order valence-corrected chi connectivity index (χ1v) is 6.47. The van der Waals surface area contributed by atoms with Crippen LogP contribution < -0.4 is 5.32 Å². The number of carbonyl (C=O) groups excluding carboxylic acids is 1. The molecule has 2 N–H and O–H groups in total. The van der Waals surface area contributed by atoms with Gasteiger partial charge in [-0.15, -0.1) is 0 Å². The number of rotatable bonds is 4. The van der Waals surface area contributed by atoms with Crippen LogP contribution in [-0.4, -0.2) is 48.3 Å². The molecule has 0 bridgehead atoms. The Hall–Kier alpha value is -2.08. The number of carboxylic acid groups (broad SMARTS) is 1. The third-order valence-electron chi connectivity index (χ3n) is 3.36. The summed E-state index contributed by atoms with van der Waals surface area (Å²) in [7, 11) is 1.35. The van der Waals surface area contributed by atoms with E-state index in [0.717, 1.165) is 25.1 Å². The van der Waals surface area contributed by atoms with Gasteiger partial charge in [0.05, 0.1) is 12.7 Å². The summed E-state index contributed by atoms with van der Waals surface area (Å²) in [4.78, 5) is 24.2. The highest BCUT2D eigenvalue weighted by Gasteiger charge is 2.24. The minimum atomic E-state index is -0.918. The van der Waals surface area contributed by atoms with Crippen molar-refractivity contribution >= 4 is 12.1 Å². The Morgan fingerprint density at radius 3 is 3.00 bits per heavy atom. The lowest BCUT2D eigenvalue weighted by atomic mass is 10.1. The van der Waals surface area contributed by atoms with Crippen molar-refractivity contribution in [3.8, 4) is 0 Å². The number of alkyl carbamates (subject to hydrolysis) is 1. The molecule has 1 fully saturated rings. The second-order valence-corrected chi connectivity index (χ2v) is 4.86. The fourth-order valence-corrected chi connectivity index (χ4v) is 2.38. The SMILES string of the molecule is COC(=O)NC1CCN(Cc2cccc(C(=O)O)c2)C1. The van der Waals surface area contributed by atoms with Crippen LogP contribution in [0, 0.1) is 0 Å². The standard InChI is InChI=1S/C14H18N2O4/c1-20-14(19)15-12-5-6-16(9-12)8-10-3-2-4-11(7-10)13(17)18/h2-4,7,12H,5-6,8-9H2,1H3,(H,15,19)(H,17,18). The molecular formula is C14H18N2O4. The summed E-state index contributed by atoms with van der Waals surface area (Å²) < 4.78 is 4.57. The van der Waals surface area contributed by atoms with Gasteiger partial charge in [-0.05, 0) is 24.1 Å². The van der Waals surface area contributed by atoms with Gasteiger partial charge in [0, 0.05) is 25.7 Å². The van der Waals surface area contributed by atoms with E-state index >= 15 is 0 Å². The predicted molar refractivity (Wildman–Crippen MR) is 72.6 cm³/mol. The lowest BCUT2D eigenvalue weighted by molar-refractivity contribution is 0.0696. The van der Waals surface area contributed by atoms with Crippen molar-refractivity contribution < 1.29 is 19.4 Å². The topological polar surface area (TPSA) is 78.9 Å². The fraction of sp³-hybridized carbons (Fsp3) is 0.429. The van der Waals surface area contributed by atoms with Crippen LogP contribution in [0.25, 0.3) is 0 Å². The van der Waals surface area contributed by atoms with Gasteiger partial charge >= 0.3 is 12.1 Å². The first kappa shape index (κ1) is 14.3. The molecule has 1 aliphatic rings. The summed E-state index contributed by atoms with van der Waals surface area (Å²) in [5.74, 6) is -0.918. The number of hydrogen-bond donors (Lipinski definition) is 2. The molecule has 1 aromatic carbocycles. The van der Waals surface area contributed by atoms with Crippen LogP contribution in [-0.2, 0) is 11.3 Å². The molecule has 0 aliphatic carbocycles. The van der Waals surface area contributed by atoms with Crippen molar-refractivity contribution in [2.75, 3.05) is 20.2 Å².